The summed E-state index contributed by atoms with van der Waals surface area (Å²) in [5.41, 5.74) is -0.588. The van der Waals surface area contributed by atoms with Crippen molar-refractivity contribution in [2.75, 3.05) is 20.8 Å². The van der Waals surface area contributed by atoms with Crippen molar-refractivity contribution in [2.45, 2.75) is 24.2 Å². The van der Waals surface area contributed by atoms with Crippen LogP contribution in [-0.4, -0.2) is 35.2 Å². The third kappa shape index (κ3) is 3.54. The zero-order valence-corrected chi connectivity index (χ0v) is 12.9. The van der Waals surface area contributed by atoms with E-state index in [9.17, 15) is 13.2 Å². The van der Waals surface area contributed by atoms with E-state index in [1.165, 1.54) is 31.4 Å². The number of carbonyl (C=O) groups excluding carboxylic acids is 1. The predicted molar refractivity (Wildman–Crippen MR) is 76.5 cm³/mol. The van der Waals surface area contributed by atoms with Gasteiger partial charge in [-0.15, -0.1) is 0 Å². The molecule has 6 nitrogen and oxygen atoms in total. The third-order valence-electron chi connectivity index (χ3n) is 3.72. The van der Waals surface area contributed by atoms with Crippen molar-refractivity contribution < 1.29 is 22.7 Å². The number of rotatable bonds is 7. The molecule has 1 N–H and O–H groups in total. The van der Waals surface area contributed by atoms with Crippen molar-refractivity contribution in [3.63, 3.8) is 0 Å². The minimum atomic E-state index is -3.85. The first-order valence-corrected chi connectivity index (χ1v) is 8.12. The Morgan fingerprint density at radius 1 is 1.24 bits per heavy atom. The van der Waals surface area contributed by atoms with Crippen LogP contribution in [0.5, 0.6) is 5.75 Å². The number of hydrogen-bond donors (Lipinski definition) is 1. The lowest BCUT2D eigenvalue weighted by Gasteiger charge is -2.15. The van der Waals surface area contributed by atoms with Crippen LogP contribution in [0.15, 0.2) is 29.2 Å². The summed E-state index contributed by atoms with van der Waals surface area (Å²) in [5.74, 6) is 0.106. The summed E-state index contributed by atoms with van der Waals surface area (Å²) in [6, 6.07) is 5.89. The molecule has 1 saturated carbocycles. The summed E-state index contributed by atoms with van der Waals surface area (Å²) in [6.07, 6.45) is 1.92. The summed E-state index contributed by atoms with van der Waals surface area (Å²) < 4.78 is 36.5. The number of benzene rings is 1. The molecule has 0 saturated heterocycles. The summed E-state index contributed by atoms with van der Waals surface area (Å²) in [5, 5.41) is 0. The Morgan fingerprint density at radius 2 is 1.86 bits per heavy atom. The van der Waals surface area contributed by atoms with Crippen molar-refractivity contribution in [1.29, 1.82) is 0 Å². The highest BCUT2D eigenvalue weighted by molar-refractivity contribution is 7.90. The Hall–Kier alpha value is -1.60. The molecule has 7 heteroatoms. The molecule has 1 fully saturated rings. The van der Waals surface area contributed by atoms with E-state index < -0.39 is 21.3 Å². The van der Waals surface area contributed by atoms with Gasteiger partial charge >= 0.3 is 0 Å². The van der Waals surface area contributed by atoms with Gasteiger partial charge < -0.3 is 9.47 Å². The first-order valence-electron chi connectivity index (χ1n) is 6.64. The average molecular weight is 313 g/mol. The summed E-state index contributed by atoms with van der Waals surface area (Å²) in [4.78, 5) is 12.2. The van der Waals surface area contributed by atoms with E-state index in [1.807, 2.05) is 0 Å². The lowest BCUT2D eigenvalue weighted by molar-refractivity contribution is -0.125. The molecule has 1 aliphatic carbocycles. The SMILES string of the molecule is COCCC1(C(=O)NS(=O)(=O)c2ccc(OC)cc2)CC1. The van der Waals surface area contributed by atoms with Crippen LogP contribution in [-0.2, 0) is 19.6 Å². The fourth-order valence-electron chi connectivity index (χ4n) is 2.08. The number of hydrogen-bond acceptors (Lipinski definition) is 5. The highest BCUT2D eigenvalue weighted by Gasteiger charge is 2.50. The molecule has 2 rings (SSSR count). The van der Waals surface area contributed by atoms with Crippen LogP contribution in [0.25, 0.3) is 0 Å². The zero-order valence-electron chi connectivity index (χ0n) is 12.1. The van der Waals surface area contributed by atoms with Crippen LogP contribution in [0.1, 0.15) is 19.3 Å². The minimum absolute atomic E-state index is 0.0409. The number of amides is 1. The van der Waals surface area contributed by atoms with Gasteiger partial charge in [0.15, 0.2) is 0 Å². The maximum absolute atomic E-state index is 12.2. The van der Waals surface area contributed by atoms with Crippen molar-refractivity contribution >= 4 is 15.9 Å². The van der Waals surface area contributed by atoms with Crippen LogP contribution in [0.4, 0.5) is 0 Å². The van der Waals surface area contributed by atoms with Gasteiger partial charge in [-0.1, -0.05) is 0 Å². The fraction of sp³-hybridized carbons (Fsp3) is 0.500. The molecule has 1 aromatic carbocycles. The minimum Gasteiger partial charge on any atom is -0.497 e. The largest absolute Gasteiger partial charge is 0.497 e. The molecular formula is C14H19NO5S. The maximum atomic E-state index is 12.2. The topological polar surface area (TPSA) is 81.7 Å². The maximum Gasteiger partial charge on any atom is 0.264 e. The van der Waals surface area contributed by atoms with Crippen molar-refractivity contribution in [3.8, 4) is 5.75 Å². The van der Waals surface area contributed by atoms with Gasteiger partial charge in [0.1, 0.15) is 5.75 Å². The summed E-state index contributed by atoms with van der Waals surface area (Å²) in [6.45, 7) is 0.440. The van der Waals surface area contributed by atoms with Crippen LogP contribution in [0.2, 0.25) is 0 Å². The standard InChI is InChI=1S/C14H19NO5S/c1-19-10-9-14(7-8-14)13(16)15-21(17,18)12-5-3-11(20-2)4-6-12/h3-6H,7-10H2,1-2H3,(H,15,16). The zero-order chi connectivity index (χ0) is 15.5. The van der Waals surface area contributed by atoms with Gasteiger partial charge in [0.05, 0.1) is 17.4 Å². The smallest absolute Gasteiger partial charge is 0.264 e. The van der Waals surface area contributed by atoms with Crippen LogP contribution >= 0.6 is 0 Å². The number of sulfonamides is 1. The molecule has 0 unspecified atom stereocenters. The van der Waals surface area contributed by atoms with E-state index >= 15 is 0 Å². The van der Waals surface area contributed by atoms with E-state index in [-0.39, 0.29) is 4.90 Å². The monoisotopic (exact) mass is 313 g/mol. The van der Waals surface area contributed by atoms with Gasteiger partial charge in [-0.3, -0.25) is 4.79 Å². The van der Waals surface area contributed by atoms with E-state index in [1.54, 1.807) is 7.11 Å². The fourth-order valence-corrected chi connectivity index (χ4v) is 3.16. The van der Waals surface area contributed by atoms with E-state index in [4.69, 9.17) is 9.47 Å². The molecule has 1 aromatic rings. The van der Waals surface area contributed by atoms with E-state index in [2.05, 4.69) is 4.72 Å². The molecular weight excluding hydrogens is 294 g/mol. The van der Waals surface area contributed by atoms with E-state index in [0.717, 1.165) is 0 Å². The molecule has 1 amide bonds. The summed E-state index contributed by atoms with van der Waals surface area (Å²) in [7, 11) is -0.793. The Bertz CT molecular complexity index is 605. The molecule has 0 atom stereocenters. The highest BCUT2D eigenvalue weighted by Crippen LogP contribution is 2.49. The van der Waals surface area contributed by atoms with Gasteiger partial charge in [-0.05, 0) is 43.5 Å². The van der Waals surface area contributed by atoms with Crippen LogP contribution in [0.3, 0.4) is 0 Å². The van der Waals surface area contributed by atoms with E-state index in [0.29, 0.717) is 31.6 Å². The molecule has 1 aliphatic rings. The lowest BCUT2D eigenvalue weighted by Crippen LogP contribution is -2.37. The molecule has 116 valence electrons. The predicted octanol–water partition coefficient (Wildman–Crippen LogP) is 1.32. The number of nitrogens with one attached hydrogen (secondary N) is 1. The molecule has 0 aliphatic heterocycles. The second-order valence-corrected chi connectivity index (χ2v) is 6.82. The number of carbonyl (C=O) groups is 1. The first-order chi connectivity index (χ1) is 9.93. The summed E-state index contributed by atoms with van der Waals surface area (Å²) >= 11 is 0. The molecule has 0 bridgehead atoms. The molecule has 0 spiro atoms. The van der Waals surface area contributed by atoms with Crippen LogP contribution < -0.4 is 9.46 Å². The quantitative estimate of drug-likeness (QED) is 0.821. The Morgan fingerprint density at radius 3 is 2.33 bits per heavy atom. The molecule has 0 heterocycles. The van der Waals surface area contributed by atoms with Gasteiger partial charge in [0.2, 0.25) is 5.91 Å². The van der Waals surface area contributed by atoms with Gasteiger partial charge in [-0.2, -0.15) is 0 Å². The third-order valence-corrected chi connectivity index (χ3v) is 5.06. The first kappa shape index (κ1) is 15.8. The van der Waals surface area contributed by atoms with Gasteiger partial charge in [0, 0.05) is 13.7 Å². The highest BCUT2D eigenvalue weighted by atomic mass is 32.2. The van der Waals surface area contributed by atoms with Crippen molar-refractivity contribution in [3.05, 3.63) is 24.3 Å². The Labute approximate surface area is 124 Å². The average Bonchev–Trinajstić information content (AvgIpc) is 3.26. The second kappa shape index (κ2) is 6.03. The number of methoxy groups -OCH3 is 2. The Kier molecular flexibility index (Phi) is 4.53. The molecule has 21 heavy (non-hydrogen) atoms. The normalized spacial score (nSPS) is 16.3. The number of ether oxygens (including phenoxy) is 2. The van der Waals surface area contributed by atoms with Gasteiger partial charge in [0.25, 0.3) is 10.0 Å². The molecule has 0 aromatic heterocycles. The van der Waals surface area contributed by atoms with Gasteiger partial charge in [-0.25, -0.2) is 13.1 Å². The second-order valence-electron chi connectivity index (χ2n) is 5.13. The Balaban J connectivity index is 2.08. The lowest BCUT2D eigenvalue weighted by atomic mass is 10.0. The van der Waals surface area contributed by atoms with Crippen LogP contribution in [0, 0.1) is 5.41 Å². The van der Waals surface area contributed by atoms with Crippen molar-refractivity contribution in [1.82, 2.24) is 4.72 Å². The molecule has 0 radical (unpaired) electrons. The van der Waals surface area contributed by atoms with Crippen molar-refractivity contribution in [2.24, 2.45) is 5.41 Å².